The van der Waals surface area contributed by atoms with E-state index in [1.54, 1.807) is 29.0 Å². The molecule has 0 saturated carbocycles. The average molecular weight is 420 g/mol. The highest BCUT2D eigenvalue weighted by Crippen LogP contribution is 2.28. The Morgan fingerprint density at radius 3 is 2.47 bits per heavy atom. The number of benzene rings is 2. The van der Waals surface area contributed by atoms with Crippen LogP contribution in [-0.2, 0) is 11.3 Å². The summed E-state index contributed by atoms with van der Waals surface area (Å²) in [5.41, 5.74) is 3.50. The summed E-state index contributed by atoms with van der Waals surface area (Å²) < 4.78 is 2.08. The summed E-state index contributed by atoms with van der Waals surface area (Å²) in [6.45, 7) is 2.99. The molecule has 0 aliphatic carbocycles. The molecule has 1 aromatic heterocycles. The van der Waals surface area contributed by atoms with Crippen LogP contribution in [0.3, 0.4) is 0 Å². The van der Waals surface area contributed by atoms with Gasteiger partial charge in [0.2, 0.25) is 0 Å². The lowest BCUT2D eigenvalue weighted by Crippen LogP contribution is -2.30. The fourth-order valence-electron chi connectivity index (χ4n) is 3.68. The Kier molecular flexibility index (Phi) is 5.09. The summed E-state index contributed by atoms with van der Waals surface area (Å²) in [7, 11) is 1.80. The maximum atomic E-state index is 12.7. The molecule has 0 spiro atoms. The number of likely N-dealkylation sites (N-methyl/N-ethyl adjacent to an activating group) is 2. The molecule has 30 heavy (non-hydrogen) atoms. The second kappa shape index (κ2) is 7.72. The Morgan fingerprint density at radius 2 is 1.83 bits per heavy atom. The Labute approximate surface area is 179 Å². The van der Waals surface area contributed by atoms with E-state index in [0.29, 0.717) is 23.9 Å². The van der Waals surface area contributed by atoms with Gasteiger partial charge >= 0.3 is 0 Å². The average Bonchev–Trinajstić information content (AvgIpc) is 3.18. The van der Waals surface area contributed by atoms with Crippen LogP contribution in [0.15, 0.2) is 60.4 Å². The Balaban J connectivity index is 1.74. The molecule has 3 aromatic rings. The van der Waals surface area contributed by atoms with Crippen molar-refractivity contribution >= 4 is 45.9 Å². The molecule has 0 bridgehead atoms. The van der Waals surface area contributed by atoms with Crippen molar-refractivity contribution in [2.45, 2.75) is 13.5 Å². The van der Waals surface area contributed by atoms with Crippen molar-refractivity contribution in [1.29, 1.82) is 0 Å². The Morgan fingerprint density at radius 1 is 1.13 bits per heavy atom. The van der Waals surface area contributed by atoms with Gasteiger partial charge in [-0.1, -0.05) is 30.3 Å². The van der Waals surface area contributed by atoms with E-state index < -0.39 is 4.92 Å². The standard InChI is InChI=1S/C22H20N4O3S/c1-3-25-21(27)20(23(2)22(25)30)12-16-14-24(19-7-5-4-6-18(16)19)13-15-8-10-17(11-9-15)26(28)29/h4-12,14H,3,13H2,1-2H3/b20-12-. The summed E-state index contributed by atoms with van der Waals surface area (Å²) in [5.74, 6) is -0.0998. The summed E-state index contributed by atoms with van der Waals surface area (Å²) in [4.78, 5) is 26.5. The van der Waals surface area contributed by atoms with Gasteiger partial charge in [0.15, 0.2) is 5.11 Å². The lowest BCUT2D eigenvalue weighted by atomic mass is 10.1. The molecule has 1 saturated heterocycles. The number of non-ortho nitro benzene ring substituents is 1. The quantitative estimate of drug-likeness (QED) is 0.270. The maximum absolute atomic E-state index is 12.7. The first-order valence-electron chi connectivity index (χ1n) is 9.53. The van der Waals surface area contributed by atoms with Crippen molar-refractivity contribution in [3.63, 3.8) is 0 Å². The number of thiocarbonyl (C=S) groups is 1. The van der Waals surface area contributed by atoms with Gasteiger partial charge in [0, 0.05) is 54.9 Å². The number of nitrogens with zero attached hydrogens (tertiary/aromatic N) is 4. The van der Waals surface area contributed by atoms with Crippen molar-refractivity contribution in [2.24, 2.45) is 0 Å². The van der Waals surface area contributed by atoms with Gasteiger partial charge in [-0.3, -0.25) is 19.8 Å². The van der Waals surface area contributed by atoms with Crippen molar-refractivity contribution in [3.8, 4) is 0 Å². The van der Waals surface area contributed by atoms with Gasteiger partial charge in [-0.05, 0) is 36.8 Å². The first kappa shape index (κ1) is 19.8. The molecular weight excluding hydrogens is 400 g/mol. The number of carbonyl (C=O) groups is 1. The highest BCUT2D eigenvalue weighted by molar-refractivity contribution is 7.80. The summed E-state index contributed by atoms with van der Waals surface area (Å²) in [5, 5.41) is 12.4. The van der Waals surface area contributed by atoms with Gasteiger partial charge in [0.05, 0.1) is 4.92 Å². The summed E-state index contributed by atoms with van der Waals surface area (Å²) >= 11 is 5.39. The number of nitro benzene ring substituents is 1. The largest absolute Gasteiger partial charge is 0.342 e. The molecule has 0 atom stereocenters. The number of hydrogen-bond acceptors (Lipinski definition) is 4. The van der Waals surface area contributed by atoms with E-state index in [-0.39, 0.29) is 11.6 Å². The van der Waals surface area contributed by atoms with Gasteiger partial charge in [0.1, 0.15) is 5.70 Å². The van der Waals surface area contributed by atoms with Gasteiger partial charge < -0.3 is 9.47 Å². The molecule has 152 valence electrons. The van der Waals surface area contributed by atoms with E-state index >= 15 is 0 Å². The molecule has 1 fully saturated rings. The van der Waals surface area contributed by atoms with Crippen molar-refractivity contribution < 1.29 is 9.72 Å². The topological polar surface area (TPSA) is 71.6 Å². The van der Waals surface area contributed by atoms with Crippen LogP contribution in [0.1, 0.15) is 18.1 Å². The van der Waals surface area contributed by atoms with E-state index in [2.05, 4.69) is 4.57 Å². The van der Waals surface area contributed by atoms with E-state index in [1.807, 2.05) is 43.5 Å². The van der Waals surface area contributed by atoms with Gasteiger partial charge in [-0.15, -0.1) is 0 Å². The van der Waals surface area contributed by atoms with E-state index in [4.69, 9.17) is 12.2 Å². The molecule has 1 amide bonds. The fraction of sp³-hybridized carbons (Fsp3) is 0.182. The van der Waals surface area contributed by atoms with Crippen LogP contribution in [0.5, 0.6) is 0 Å². The smallest absolute Gasteiger partial charge is 0.276 e. The normalized spacial score (nSPS) is 15.6. The summed E-state index contributed by atoms with van der Waals surface area (Å²) in [6, 6.07) is 14.5. The van der Waals surface area contributed by atoms with Crippen molar-refractivity contribution in [1.82, 2.24) is 14.4 Å². The third kappa shape index (κ3) is 3.35. The number of para-hydroxylation sites is 1. The SMILES string of the molecule is CCN1C(=O)/C(=C/c2cn(Cc3ccc([N+](=O)[O-])cc3)c3ccccc23)N(C)C1=S. The third-order valence-electron chi connectivity index (χ3n) is 5.27. The number of rotatable bonds is 5. The molecule has 0 unspecified atom stereocenters. The minimum atomic E-state index is -0.405. The second-order valence-electron chi connectivity index (χ2n) is 7.07. The van der Waals surface area contributed by atoms with E-state index in [0.717, 1.165) is 22.0 Å². The number of aromatic nitrogens is 1. The predicted molar refractivity (Wildman–Crippen MR) is 120 cm³/mol. The maximum Gasteiger partial charge on any atom is 0.276 e. The molecule has 4 rings (SSSR count). The number of amides is 1. The van der Waals surface area contributed by atoms with Gasteiger partial charge in [-0.2, -0.15) is 0 Å². The molecule has 2 heterocycles. The molecular formula is C22H20N4O3S. The van der Waals surface area contributed by atoms with Gasteiger partial charge in [-0.25, -0.2) is 0 Å². The zero-order valence-corrected chi connectivity index (χ0v) is 17.4. The predicted octanol–water partition coefficient (Wildman–Crippen LogP) is 4.02. The van der Waals surface area contributed by atoms with Crippen LogP contribution in [0.4, 0.5) is 5.69 Å². The lowest BCUT2D eigenvalue weighted by molar-refractivity contribution is -0.384. The fourth-order valence-corrected chi connectivity index (χ4v) is 3.99. The first-order valence-corrected chi connectivity index (χ1v) is 9.94. The summed E-state index contributed by atoms with van der Waals surface area (Å²) in [6.07, 6.45) is 3.87. The number of carbonyl (C=O) groups excluding carboxylic acids is 1. The monoisotopic (exact) mass is 420 g/mol. The number of nitro groups is 1. The van der Waals surface area contributed by atoms with Gasteiger partial charge in [0.25, 0.3) is 11.6 Å². The Hall–Kier alpha value is -3.52. The van der Waals surface area contributed by atoms with Crippen LogP contribution in [0, 0.1) is 10.1 Å². The van der Waals surface area contributed by atoms with Crippen LogP contribution in [0.2, 0.25) is 0 Å². The molecule has 7 nitrogen and oxygen atoms in total. The molecule has 1 aliphatic rings. The molecule has 1 aliphatic heterocycles. The van der Waals surface area contributed by atoms with E-state index in [9.17, 15) is 14.9 Å². The molecule has 0 radical (unpaired) electrons. The van der Waals surface area contributed by atoms with Crippen LogP contribution < -0.4 is 0 Å². The third-order valence-corrected chi connectivity index (χ3v) is 5.77. The highest BCUT2D eigenvalue weighted by Gasteiger charge is 2.34. The minimum Gasteiger partial charge on any atom is -0.342 e. The van der Waals surface area contributed by atoms with Crippen LogP contribution in [0.25, 0.3) is 17.0 Å². The van der Waals surface area contributed by atoms with E-state index in [1.165, 1.54) is 12.1 Å². The zero-order chi connectivity index (χ0) is 21.4. The zero-order valence-electron chi connectivity index (χ0n) is 16.6. The number of hydrogen-bond donors (Lipinski definition) is 0. The number of fused-ring (bicyclic) bond motifs is 1. The Bertz CT molecular complexity index is 1200. The first-order chi connectivity index (χ1) is 14.4. The van der Waals surface area contributed by atoms with Crippen molar-refractivity contribution in [2.75, 3.05) is 13.6 Å². The van der Waals surface area contributed by atoms with Crippen molar-refractivity contribution in [3.05, 3.63) is 81.7 Å². The molecule has 8 heteroatoms. The van der Waals surface area contributed by atoms with Crippen LogP contribution in [-0.4, -0.2) is 43.9 Å². The molecule has 2 aromatic carbocycles. The van der Waals surface area contributed by atoms with Crippen LogP contribution >= 0.6 is 12.2 Å². The highest BCUT2D eigenvalue weighted by atomic mass is 32.1. The molecule has 0 N–H and O–H groups in total. The lowest BCUT2D eigenvalue weighted by Gasteiger charge is -2.13. The minimum absolute atomic E-state index is 0.0702. The second-order valence-corrected chi connectivity index (χ2v) is 7.44.